The highest BCUT2D eigenvalue weighted by Crippen LogP contribution is 2.22. The molecule has 0 N–H and O–H groups in total. The Morgan fingerprint density at radius 3 is 2.06 bits per heavy atom. The summed E-state index contributed by atoms with van der Waals surface area (Å²) in [7, 11) is 0. The number of aliphatic imine (C=N–C) groups is 1. The summed E-state index contributed by atoms with van der Waals surface area (Å²) in [5.41, 5.74) is 2.48. The lowest BCUT2D eigenvalue weighted by molar-refractivity contribution is 0.737. The van der Waals surface area contributed by atoms with Crippen LogP contribution in [0.25, 0.3) is 0 Å². The second-order valence-electron chi connectivity index (χ2n) is 3.88. The van der Waals surface area contributed by atoms with Crippen molar-refractivity contribution in [2.75, 3.05) is 0 Å². The summed E-state index contributed by atoms with van der Waals surface area (Å²) in [5, 5.41) is 0. The summed E-state index contributed by atoms with van der Waals surface area (Å²) in [5.74, 6) is 0.833. The van der Waals surface area contributed by atoms with Gasteiger partial charge in [-0.3, -0.25) is 4.99 Å². The second-order valence-corrected chi connectivity index (χ2v) is 3.88. The summed E-state index contributed by atoms with van der Waals surface area (Å²) >= 11 is 0. The van der Waals surface area contributed by atoms with Gasteiger partial charge in [0.25, 0.3) is 0 Å². The van der Waals surface area contributed by atoms with Gasteiger partial charge in [-0.1, -0.05) is 60.2 Å². The molecular weight excluding hydrogens is 194 g/mol. The van der Waals surface area contributed by atoms with Crippen LogP contribution in [0, 0.1) is 5.92 Å². The van der Waals surface area contributed by atoms with Gasteiger partial charge >= 0.3 is 0 Å². The zero-order valence-electron chi connectivity index (χ0n) is 10.6. The first-order valence-corrected chi connectivity index (χ1v) is 5.80. The molecule has 0 radical (unpaired) electrons. The van der Waals surface area contributed by atoms with Gasteiger partial charge in [-0.2, -0.15) is 0 Å². The van der Waals surface area contributed by atoms with E-state index in [4.69, 9.17) is 0 Å². The molecule has 1 nitrogen and oxygen atoms in total. The largest absolute Gasteiger partial charge is 0.261 e. The fourth-order valence-corrected chi connectivity index (χ4v) is 1.05. The lowest BCUT2D eigenvalue weighted by atomic mass is 10.2. The van der Waals surface area contributed by atoms with E-state index in [9.17, 15) is 0 Å². The van der Waals surface area contributed by atoms with Crippen molar-refractivity contribution in [2.45, 2.75) is 48.5 Å². The molecule has 2 rings (SSSR count). The van der Waals surface area contributed by atoms with E-state index in [0.717, 1.165) is 18.0 Å². The van der Waals surface area contributed by atoms with Crippen LogP contribution in [0.1, 0.15) is 47.6 Å². The monoisotopic (exact) mass is 221 g/mol. The molecule has 0 unspecified atom stereocenters. The number of hydrogen-bond acceptors (Lipinski definition) is 1. The van der Waals surface area contributed by atoms with Crippen molar-refractivity contribution in [3.8, 4) is 0 Å². The quantitative estimate of drug-likeness (QED) is 0.566. The minimum atomic E-state index is 0. The summed E-state index contributed by atoms with van der Waals surface area (Å²) in [6.07, 6.45) is 2.96. The molecule has 1 heteroatoms. The fraction of sp³-hybridized carbons (Fsp3) is 0.533. The van der Waals surface area contributed by atoms with E-state index in [1.807, 2.05) is 38.3 Å². The number of para-hydroxylation sites is 1. The Kier molecular flexibility index (Phi) is 11.2. The van der Waals surface area contributed by atoms with Crippen LogP contribution in [0.3, 0.4) is 0 Å². The van der Waals surface area contributed by atoms with Crippen LogP contribution in [0.5, 0.6) is 0 Å². The number of nitrogens with zero attached hydrogens (tertiary/aromatic N) is 1. The minimum Gasteiger partial charge on any atom is -0.261 e. The highest BCUT2D eigenvalue weighted by Gasteiger charge is 2.01. The van der Waals surface area contributed by atoms with Gasteiger partial charge in [-0.25, -0.2) is 0 Å². The second kappa shape index (κ2) is 10.4. The maximum atomic E-state index is 4.17. The Morgan fingerprint density at radius 2 is 1.56 bits per heavy atom. The third kappa shape index (κ3) is 7.22. The molecule has 1 aliphatic rings. The van der Waals surface area contributed by atoms with Gasteiger partial charge in [0.1, 0.15) is 0 Å². The Bertz CT molecular complexity index is 284. The number of benzene rings is 1. The van der Waals surface area contributed by atoms with Crippen LogP contribution in [0.15, 0.2) is 29.3 Å². The summed E-state index contributed by atoms with van der Waals surface area (Å²) in [6, 6.07) is 8.22. The molecule has 0 bridgehead atoms. The van der Waals surface area contributed by atoms with Gasteiger partial charge in [-0.15, -0.1) is 0 Å². The molecule has 0 fully saturated rings. The maximum absolute atomic E-state index is 4.17. The molecule has 0 aliphatic carbocycles. The summed E-state index contributed by atoms with van der Waals surface area (Å²) < 4.78 is 0. The lowest BCUT2D eigenvalue weighted by Gasteiger charge is -1.91. The van der Waals surface area contributed by atoms with Crippen molar-refractivity contribution in [3.63, 3.8) is 0 Å². The van der Waals surface area contributed by atoms with Gasteiger partial charge in [0.15, 0.2) is 0 Å². The Morgan fingerprint density at radius 1 is 1.06 bits per heavy atom. The molecule has 0 atom stereocenters. The van der Waals surface area contributed by atoms with E-state index in [1.54, 1.807) is 0 Å². The molecular formula is C15H27N. The van der Waals surface area contributed by atoms with E-state index in [2.05, 4.69) is 31.8 Å². The molecule has 1 aromatic carbocycles. The maximum Gasteiger partial charge on any atom is 0.0661 e. The molecule has 92 valence electrons. The van der Waals surface area contributed by atoms with E-state index >= 15 is 0 Å². The van der Waals surface area contributed by atoms with Crippen molar-refractivity contribution >= 4 is 11.9 Å². The third-order valence-corrected chi connectivity index (χ3v) is 1.53. The van der Waals surface area contributed by atoms with Crippen LogP contribution < -0.4 is 0 Å². The predicted molar refractivity (Wildman–Crippen MR) is 76.9 cm³/mol. The van der Waals surface area contributed by atoms with E-state index in [1.165, 1.54) is 5.56 Å². The zero-order valence-corrected chi connectivity index (χ0v) is 10.6. The highest BCUT2D eigenvalue weighted by molar-refractivity contribution is 5.75. The van der Waals surface area contributed by atoms with Gasteiger partial charge in [0.05, 0.1) is 5.69 Å². The summed E-state index contributed by atoms with van der Waals surface area (Å²) in [4.78, 5) is 4.17. The first-order chi connectivity index (χ1) is 7.20. The highest BCUT2D eigenvalue weighted by atomic mass is 14.7. The summed E-state index contributed by atoms with van der Waals surface area (Å²) in [6.45, 7) is 10.5. The van der Waals surface area contributed by atoms with E-state index < -0.39 is 0 Å². The van der Waals surface area contributed by atoms with Gasteiger partial charge in [-0.05, 0) is 17.5 Å². The molecule has 0 spiro atoms. The molecule has 0 saturated heterocycles. The molecule has 1 aromatic rings. The molecule has 1 aliphatic heterocycles. The SMILES string of the molecule is C.C1=Nc2ccccc2C1.CC.CC(C)C. The van der Waals surface area contributed by atoms with Crippen molar-refractivity contribution in [2.24, 2.45) is 10.9 Å². The zero-order chi connectivity index (χ0) is 11.7. The Balaban J connectivity index is 0. The van der Waals surface area contributed by atoms with E-state index in [0.29, 0.717) is 0 Å². The number of rotatable bonds is 0. The number of hydrogen-bond donors (Lipinski definition) is 0. The molecule has 0 aromatic heterocycles. The van der Waals surface area contributed by atoms with Crippen LogP contribution in [-0.4, -0.2) is 6.21 Å². The Labute approximate surface area is 102 Å². The van der Waals surface area contributed by atoms with E-state index in [-0.39, 0.29) is 7.43 Å². The topological polar surface area (TPSA) is 12.4 Å². The van der Waals surface area contributed by atoms with Gasteiger partial charge < -0.3 is 0 Å². The number of fused-ring (bicyclic) bond motifs is 1. The lowest BCUT2D eigenvalue weighted by Crippen LogP contribution is -1.75. The van der Waals surface area contributed by atoms with Gasteiger partial charge in [0, 0.05) is 12.6 Å². The molecule has 1 heterocycles. The van der Waals surface area contributed by atoms with Crippen molar-refractivity contribution in [1.29, 1.82) is 0 Å². The first kappa shape index (κ1) is 17.3. The average molecular weight is 221 g/mol. The van der Waals surface area contributed by atoms with Crippen LogP contribution in [-0.2, 0) is 6.42 Å². The van der Waals surface area contributed by atoms with Crippen molar-refractivity contribution < 1.29 is 0 Å². The van der Waals surface area contributed by atoms with Crippen molar-refractivity contribution in [3.05, 3.63) is 29.8 Å². The minimum absolute atomic E-state index is 0. The van der Waals surface area contributed by atoms with Crippen LogP contribution in [0.2, 0.25) is 0 Å². The van der Waals surface area contributed by atoms with Gasteiger partial charge in [0.2, 0.25) is 0 Å². The first-order valence-electron chi connectivity index (χ1n) is 5.80. The fourth-order valence-electron chi connectivity index (χ4n) is 1.05. The average Bonchev–Trinajstić information content (AvgIpc) is 2.67. The van der Waals surface area contributed by atoms with Crippen LogP contribution in [0.4, 0.5) is 5.69 Å². The molecule has 0 amide bonds. The standard InChI is InChI=1S/C8H7N.C4H10.C2H6.CH4/c1-2-4-8-7(3-1)5-6-9-8;1-4(2)3;1-2;/h1-4,6H,5H2;4H,1-3H3;1-2H3;1H4. The van der Waals surface area contributed by atoms with Crippen LogP contribution >= 0.6 is 0 Å². The normalized spacial score (nSPS) is 10.4. The molecule has 0 saturated carbocycles. The van der Waals surface area contributed by atoms with Crippen molar-refractivity contribution in [1.82, 2.24) is 0 Å². The third-order valence-electron chi connectivity index (χ3n) is 1.53. The smallest absolute Gasteiger partial charge is 0.0661 e. The Hall–Kier alpha value is -1.11. The predicted octanol–water partition coefficient (Wildman–Crippen LogP) is 5.27. The molecule has 16 heavy (non-hydrogen) atoms.